The van der Waals surface area contributed by atoms with Crippen molar-refractivity contribution >= 4 is 22.9 Å². The maximum absolute atomic E-state index is 6.07. The Morgan fingerprint density at radius 1 is 1.00 bits per heavy atom. The fourth-order valence-corrected chi connectivity index (χ4v) is 2.35. The Labute approximate surface area is 93.2 Å². The highest BCUT2D eigenvalue weighted by atomic mass is 35.5. The summed E-state index contributed by atoms with van der Waals surface area (Å²) in [5, 5.41) is 2.99. The van der Waals surface area contributed by atoms with E-state index in [1.807, 2.05) is 18.2 Å². The van der Waals surface area contributed by atoms with Gasteiger partial charge in [-0.2, -0.15) is 0 Å². The summed E-state index contributed by atoms with van der Waals surface area (Å²) in [4.78, 5) is 1.42. The zero-order valence-electron chi connectivity index (χ0n) is 7.74. The number of rotatable bonds is 3. The van der Waals surface area contributed by atoms with Crippen LogP contribution in [-0.4, -0.2) is 0 Å². The molecule has 0 aliphatic carbocycles. The molecule has 1 heterocycles. The molecule has 0 N–H and O–H groups in total. The second-order valence-electron chi connectivity index (χ2n) is 3.17. The quantitative estimate of drug-likeness (QED) is 0.731. The van der Waals surface area contributed by atoms with Crippen LogP contribution in [0, 0.1) is 0 Å². The van der Waals surface area contributed by atoms with Crippen LogP contribution in [0.25, 0.3) is 0 Å². The summed E-state index contributed by atoms with van der Waals surface area (Å²) in [5.74, 6) is 0. The van der Waals surface area contributed by atoms with Crippen LogP contribution in [0.5, 0.6) is 0 Å². The van der Waals surface area contributed by atoms with Gasteiger partial charge in [-0.25, -0.2) is 0 Å². The number of thiophene rings is 1. The lowest BCUT2D eigenvalue weighted by Crippen LogP contribution is -1.89. The molecule has 72 valence electrons. The highest BCUT2D eigenvalue weighted by Gasteiger charge is 1.99. The normalized spacial score (nSPS) is 10.4. The van der Waals surface area contributed by atoms with Gasteiger partial charge in [0.25, 0.3) is 0 Å². The Kier molecular flexibility index (Phi) is 3.22. The summed E-state index contributed by atoms with van der Waals surface area (Å²) in [6.07, 6.45) is 2.11. The van der Waals surface area contributed by atoms with Crippen molar-refractivity contribution in [3.63, 3.8) is 0 Å². The van der Waals surface area contributed by atoms with E-state index in [1.54, 1.807) is 11.3 Å². The first kappa shape index (κ1) is 9.75. The summed E-state index contributed by atoms with van der Waals surface area (Å²) in [6, 6.07) is 12.3. The van der Waals surface area contributed by atoms with Crippen LogP contribution in [0.4, 0.5) is 0 Å². The minimum atomic E-state index is 0.879. The van der Waals surface area contributed by atoms with Gasteiger partial charge >= 0.3 is 0 Å². The van der Waals surface area contributed by atoms with Gasteiger partial charge in [0.05, 0.1) is 0 Å². The second kappa shape index (κ2) is 4.63. The van der Waals surface area contributed by atoms with Crippen LogP contribution in [0.3, 0.4) is 0 Å². The minimum absolute atomic E-state index is 0.879. The van der Waals surface area contributed by atoms with Gasteiger partial charge in [0.1, 0.15) is 0 Å². The maximum atomic E-state index is 6.07. The SMILES string of the molecule is Clc1ccccc1CCc1cccs1. The Hall–Kier alpha value is -0.790. The van der Waals surface area contributed by atoms with Gasteiger partial charge < -0.3 is 0 Å². The van der Waals surface area contributed by atoms with E-state index in [4.69, 9.17) is 11.6 Å². The van der Waals surface area contributed by atoms with Gasteiger partial charge in [0, 0.05) is 9.90 Å². The van der Waals surface area contributed by atoms with Gasteiger partial charge in [-0.3, -0.25) is 0 Å². The van der Waals surface area contributed by atoms with E-state index in [0.717, 1.165) is 17.9 Å². The van der Waals surface area contributed by atoms with E-state index >= 15 is 0 Å². The highest BCUT2D eigenvalue weighted by molar-refractivity contribution is 7.09. The molecule has 0 amide bonds. The van der Waals surface area contributed by atoms with Crippen molar-refractivity contribution in [2.24, 2.45) is 0 Å². The highest BCUT2D eigenvalue weighted by Crippen LogP contribution is 2.18. The van der Waals surface area contributed by atoms with Crippen molar-refractivity contribution in [2.45, 2.75) is 12.8 Å². The summed E-state index contributed by atoms with van der Waals surface area (Å²) in [5.41, 5.74) is 1.24. The molecular formula is C12H11ClS. The largest absolute Gasteiger partial charge is 0.149 e. The molecule has 2 rings (SSSR count). The van der Waals surface area contributed by atoms with Gasteiger partial charge in [-0.05, 0) is 35.9 Å². The average molecular weight is 223 g/mol. The van der Waals surface area contributed by atoms with Crippen molar-refractivity contribution in [1.82, 2.24) is 0 Å². The molecule has 2 heteroatoms. The number of hydrogen-bond donors (Lipinski definition) is 0. The van der Waals surface area contributed by atoms with E-state index in [-0.39, 0.29) is 0 Å². The second-order valence-corrected chi connectivity index (χ2v) is 4.61. The molecule has 0 nitrogen and oxygen atoms in total. The average Bonchev–Trinajstić information content (AvgIpc) is 2.69. The van der Waals surface area contributed by atoms with Crippen LogP contribution < -0.4 is 0 Å². The maximum Gasteiger partial charge on any atom is 0.0438 e. The molecule has 0 spiro atoms. The van der Waals surface area contributed by atoms with Crippen LogP contribution in [0.1, 0.15) is 10.4 Å². The molecule has 0 unspecified atom stereocenters. The lowest BCUT2D eigenvalue weighted by molar-refractivity contribution is 0.981. The molecule has 2 aromatic rings. The predicted octanol–water partition coefficient (Wildman–Crippen LogP) is 4.19. The monoisotopic (exact) mass is 222 g/mol. The molecular weight excluding hydrogens is 212 g/mol. The summed E-state index contributed by atoms with van der Waals surface area (Å²) < 4.78 is 0. The standard InChI is InChI=1S/C12H11ClS/c13-12-6-2-1-4-10(12)7-8-11-5-3-9-14-11/h1-6,9H,7-8H2. The van der Waals surface area contributed by atoms with E-state index in [2.05, 4.69) is 23.6 Å². The van der Waals surface area contributed by atoms with Gasteiger partial charge in [-0.1, -0.05) is 35.9 Å². The van der Waals surface area contributed by atoms with Crippen LogP contribution in [0.15, 0.2) is 41.8 Å². The van der Waals surface area contributed by atoms with Crippen LogP contribution >= 0.6 is 22.9 Å². The summed E-state index contributed by atoms with van der Waals surface area (Å²) in [6.45, 7) is 0. The van der Waals surface area contributed by atoms with Crippen molar-refractivity contribution in [3.05, 3.63) is 57.2 Å². The third-order valence-electron chi connectivity index (χ3n) is 2.18. The van der Waals surface area contributed by atoms with E-state index < -0.39 is 0 Å². The van der Waals surface area contributed by atoms with E-state index in [0.29, 0.717) is 0 Å². The Morgan fingerprint density at radius 2 is 1.86 bits per heavy atom. The summed E-state index contributed by atoms with van der Waals surface area (Å²) >= 11 is 7.87. The first-order valence-electron chi connectivity index (χ1n) is 4.62. The topological polar surface area (TPSA) is 0 Å². The fourth-order valence-electron chi connectivity index (χ4n) is 1.41. The first-order chi connectivity index (χ1) is 6.86. The van der Waals surface area contributed by atoms with Crippen molar-refractivity contribution in [3.8, 4) is 0 Å². The van der Waals surface area contributed by atoms with Crippen molar-refractivity contribution in [1.29, 1.82) is 0 Å². The molecule has 0 radical (unpaired) electrons. The summed E-state index contributed by atoms with van der Waals surface area (Å²) in [7, 11) is 0. The fraction of sp³-hybridized carbons (Fsp3) is 0.167. The first-order valence-corrected chi connectivity index (χ1v) is 5.88. The van der Waals surface area contributed by atoms with E-state index in [9.17, 15) is 0 Å². The molecule has 0 atom stereocenters. The molecule has 0 saturated carbocycles. The molecule has 14 heavy (non-hydrogen) atoms. The van der Waals surface area contributed by atoms with Gasteiger partial charge in [-0.15, -0.1) is 11.3 Å². The Morgan fingerprint density at radius 3 is 2.57 bits per heavy atom. The molecule has 1 aromatic carbocycles. The zero-order chi connectivity index (χ0) is 9.80. The molecule has 0 aliphatic heterocycles. The molecule has 0 fully saturated rings. The predicted molar refractivity (Wildman–Crippen MR) is 63.2 cm³/mol. The number of hydrogen-bond acceptors (Lipinski definition) is 1. The Bertz CT molecular complexity index is 392. The van der Waals surface area contributed by atoms with Crippen LogP contribution in [-0.2, 0) is 12.8 Å². The Balaban J connectivity index is 2.02. The van der Waals surface area contributed by atoms with Crippen molar-refractivity contribution in [2.75, 3.05) is 0 Å². The zero-order valence-corrected chi connectivity index (χ0v) is 9.31. The number of aryl methyl sites for hydroxylation is 2. The third kappa shape index (κ3) is 2.37. The molecule has 1 aromatic heterocycles. The number of halogens is 1. The lowest BCUT2D eigenvalue weighted by atomic mass is 10.1. The molecule has 0 saturated heterocycles. The van der Waals surface area contributed by atoms with Crippen LogP contribution in [0.2, 0.25) is 5.02 Å². The molecule has 0 aliphatic rings. The lowest BCUT2D eigenvalue weighted by Gasteiger charge is -2.01. The number of benzene rings is 1. The van der Waals surface area contributed by atoms with Gasteiger partial charge in [0.15, 0.2) is 0 Å². The third-order valence-corrected chi connectivity index (χ3v) is 3.48. The van der Waals surface area contributed by atoms with Crippen molar-refractivity contribution < 1.29 is 0 Å². The van der Waals surface area contributed by atoms with Gasteiger partial charge in [0.2, 0.25) is 0 Å². The minimum Gasteiger partial charge on any atom is -0.149 e. The molecule has 0 bridgehead atoms. The van der Waals surface area contributed by atoms with E-state index in [1.165, 1.54) is 10.4 Å². The smallest absolute Gasteiger partial charge is 0.0438 e.